The summed E-state index contributed by atoms with van der Waals surface area (Å²) in [5.74, 6) is -0.0233. The first-order valence-corrected chi connectivity index (χ1v) is 11.6. The molecule has 0 spiro atoms. The Morgan fingerprint density at radius 1 is 0.969 bits per heavy atom. The third-order valence-electron chi connectivity index (χ3n) is 6.42. The lowest BCUT2D eigenvalue weighted by Gasteiger charge is -2.34. The van der Waals surface area contributed by atoms with Crippen LogP contribution in [0, 0.1) is 5.92 Å². The summed E-state index contributed by atoms with van der Waals surface area (Å²) < 4.78 is 1.32. The highest BCUT2D eigenvalue weighted by Gasteiger charge is 2.28. The zero-order chi connectivity index (χ0) is 22.3. The molecular formula is C25H32N4O3. The second-order valence-corrected chi connectivity index (χ2v) is 8.88. The quantitative estimate of drug-likeness (QED) is 0.722. The second-order valence-electron chi connectivity index (χ2n) is 8.88. The van der Waals surface area contributed by atoms with Crippen LogP contribution in [0.3, 0.4) is 0 Å². The minimum Gasteiger partial charge on any atom is -0.350 e. The van der Waals surface area contributed by atoms with Crippen molar-refractivity contribution in [3.8, 4) is 0 Å². The van der Waals surface area contributed by atoms with Crippen molar-refractivity contribution in [3.63, 3.8) is 0 Å². The topological polar surface area (TPSA) is 74.7 Å². The van der Waals surface area contributed by atoms with Gasteiger partial charge in [-0.15, -0.1) is 0 Å². The Kier molecular flexibility index (Phi) is 7.37. The third-order valence-corrected chi connectivity index (χ3v) is 6.42. The van der Waals surface area contributed by atoms with Crippen molar-refractivity contribution in [1.29, 1.82) is 0 Å². The molecule has 2 fully saturated rings. The molecule has 2 aromatic rings. The normalized spacial score (nSPS) is 19.1. The van der Waals surface area contributed by atoms with Gasteiger partial charge in [0.05, 0.1) is 0 Å². The van der Waals surface area contributed by atoms with E-state index in [9.17, 15) is 14.4 Å². The third kappa shape index (κ3) is 5.65. The predicted octanol–water partition coefficient (Wildman–Crippen LogP) is 2.11. The number of rotatable bonds is 7. The molecule has 2 aliphatic rings. The number of hydrogen-bond donors (Lipinski definition) is 1. The summed E-state index contributed by atoms with van der Waals surface area (Å²) in [4.78, 5) is 42.8. The molecule has 4 rings (SSSR count). The fourth-order valence-corrected chi connectivity index (χ4v) is 4.73. The Balaban J connectivity index is 1.37. The molecule has 0 unspecified atom stereocenters. The average molecular weight is 437 g/mol. The number of nitrogens with one attached hydrogen (secondary N) is 1. The van der Waals surface area contributed by atoms with Gasteiger partial charge in [0.1, 0.15) is 12.1 Å². The van der Waals surface area contributed by atoms with E-state index < -0.39 is 5.56 Å². The van der Waals surface area contributed by atoms with Gasteiger partial charge in [-0.1, -0.05) is 30.3 Å². The number of carbonyl (C=O) groups excluding carboxylic acids is 2. The van der Waals surface area contributed by atoms with E-state index in [1.807, 2.05) is 35.2 Å². The van der Waals surface area contributed by atoms with E-state index in [1.54, 1.807) is 18.3 Å². The van der Waals surface area contributed by atoms with E-state index in [-0.39, 0.29) is 23.9 Å². The molecule has 1 atom stereocenters. The highest BCUT2D eigenvalue weighted by atomic mass is 16.2. The van der Waals surface area contributed by atoms with Crippen molar-refractivity contribution < 1.29 is 9.59 Å². The maximum absolute atomic E-state index is 13.2. The fourth-order valence-electron chi connectivity index (χ4n) is 4.73. The SMILES string of the molecule is O=C(Cn1cccc(C(=O)N2CCC[C@H](CN3CCCC3)C2)c1=O)NCc1ccccc1. The molecule has 2 aliphatic heterocycles. The number of amides is 2. The molecule has 7 nitrogen and oxygen atoms in total. The zero-order valence-corrected chi connectivity index (χ0v) is 18.5. The van der Waals surface area contributed by atoms with Crippen LogP contribution in [-0.4, -0.2) is 58.9 Å². The molecule has 7 heteroatoms. The number of piperidine rings is 1. The van der Waals surface area contributed by atoms with Crippen molar-refractivity contribution in [1.82, 2.24) is 19.7 Å². The predicted molar refractivity (Wildman–Crippen MR) is 123 cm³/mol. The number of likely N-dealkylation sites (tertiary alicyclic amines) is 2. The largest absolute Gasteiger partial charge is 0.350 e. The van der Waals surface area contributed by atoms with Crippen LogP contribution < -0.4 is 10.9 Å². The molecule has 1 N–H and O–H groups in total. The molecule has 2 saturated heterocycles. The van der Waals surface area contributed by atoms with Crippen LogP contribution in [0.1, 0.15) is 41.6 Å². The summed E-state index contributed by atoms with van der Waals surface area (Å²) in [5, 5.41) is 2.83. The standard InChI is InChI=1S/C25H32N4O3/c30-23(26-16-20-8-2-1-3-9-20)19-29-15-7-11-22(25(29)32)24(31)28-14-6-10-21(18-28)17-27-12-4-5-13-27/h1-3,7-9,11,15,21H,4-6,10,12-14,16-19H2,(H,26,30)/t21-/m1/s1. The van der Waals surface area contributed by atoms with Gasteiger partial charge in [0.15, 0.2) is 0 Å². The lowest BCUT2D eigenvalue weighted by atomic mass is 9.97. The molecule has 0 bridgehead atoms. The average Bonchev–Trinajstić information content (AvgIpc) is 3.32. The summed E-state index contributed by atoms with van der Waals surface area (Å²) >= 11 is 0. The molecule has 0 radical (unpaired) electrons. The van der Waals surface area contributed by atoms with Crippen molar-refractivity contribution in [3.05, 3.63) is 70.1 Å². The number of nitrogens with zero attached hydrogens (tertiary/aromatic N) is 3. The van der Waals surface area contributed by atoms with Gasteiger partial charge in [-0.3, -0.25) is 14.4 Å². The number of benzene rings is 1. The second kappa shape index (κ2) is 10.6. The van der Waals surface area contributed by atoms with Gasteiger partial charge in [0.2, 0.25) is 5.91 Å². The van der Waals surface area contributed by atoms with Gasteiger partial charge < -0.3 is 19.7 Å². The first-order valence-electron chi connectivity index (χ1n) is 11.6. The van der Waals surface area contributed by atoms with Crippen LogP contribution in [0.15, 0.2) is 53.5 Å². The van der Waals surface area contributed by atoms with Crippen LogP contribution >= 0.6 is 0 Å². The molecule has 2 amide bonds. The van der Waals surface area contributed by atoms with Gasteiger partial charge in [0, 0.05) is 32.4 Å². The first kappa shape index (κ1) is 22.3. The fraction of sp³-hybridized carbons (Fsp3) is 0.480. The minimum atomic E-state index is -0.408. The number of hydrogen-bond acceptors (Lipinski definition) is 4. The number of carbonyl (C=O) groups is 2. The Morgan fingerprint density at radius 2 is 1.75 bits per heavy atom. The van der Waals surface area contributed by atoms with Gasteiger partial charge in [-0.25, -0.2) is 0 Å². The van der Waals surface area contributed by atoms with Crippen LogP contribution in [0.5, 0.6) is 0 Å². The van der Waals surface area contributed by atoms with Crippen LogP contribution in [0.2, 0.25) is 0 Å². The molecular weight excluding hydrogens is 404 g/mol. The smallest absolute Gasteiger partial charge is 0.263 e. The number of aromatic nitrogens is 1. The van der Waals surface area contributed by atoms with E-state index in [2.05, 4.69) is 10.2 Å². The van der Waals surface area contributed by atoms with Gasteiger partial charge in [0.25, 0.3) is 11.5 Å². The van der Waals surface area contributed by atoms with Gasteiger partial charge in [-0.2, -0.15) is 0 Å². The van der Waals surface area contributed by atoms with E-state index in [0.29, 0.717) is 25.6 Å². The summed E-state index contributed by atoms with van der Waals surface area (Å²) in [5.41, 5.74) is 0.727. The molecule has 0 saturated carbocycles. The van der Waals surface area contributed by atoms with Crippen LogP contribution in [0.25, 0.3) is 0 Å². The zero-order valence-electron chi connectivity index (χ0n) is 18.5. The maximum Gasteiger partial charge on any atom is 0.263 e. The highest BCUT2D eigenvalue weighted by molar-refractivity contribution is 5.94. The molecule has 0 aliphatic carbocycles. The summed E-state index contributed by atoms with van der Waals surface area (Å²) in [6.07, 6.45) is 6.18. The Bertz CT molecular complexity index is 982. The van der Waals surface area contributed by atoms with Gasteiger partial charge in [-0.05, 0) is 62.4 Å². The molecule has 170 valence electrons. The van der Waals surface area contributed by atoms with Crippen LogP contribution in [0.4, 0.5) is 0 Å². The van der Waals surface area contributed by atoms with E-state index in [1.165, 1.54) is 17.4 Å². The molecule has 32 heavy (non-hydrogen) atoms. The summed E-state index contributed by atoms with van der Waals surface area (Å²) in [7, 11) is 0. The number of pyridine rings is 1. The van der Waals surface area contributed by atoms with Gasteiger partial charge >= 0.3 is 0 Å². The summed E-state index contributed by atoms with van der Waals surface area (Å²) in [6.45, 7) is 5.01. The first-order chi connectivity index (χ1) is 15.6. The lowest BCUT2D eigenvalue weighted by molar-refractivity contribution is -0.121. The Labute approximate surface area is 189 Å². The maximum atomic E-state index is 13.2. The van der Waals surface area contributed by atoms with E-state index in [0.717, 1.165) is 38.0 Å². The molecule has 1 aromatic heterocycles. The van der Waals surface area contributed by atoms with E-state index >= 15 is 0 Å². The minimum absolute atomic E-state index is 0.107. The molecule has 3 heterocycles. The van der Waals surface area contributed by atoms with Crippen LogP contribution in [-0.2, 0) is 17.9 Å². The Morgan fingerprint density at radius 3 is 2.53 bits per heavy atom. The monoisotopic (exact) mass is 436 g/mol. The molecule has 1 aromatic carbocycles. The highest BCUT2D eigenvalue weighted by Crippen LogP contribution is 2.21. The van der Waals surface area contributed by atoms with Crippen molar-refractivity contribution >= 4 is 11.8 Å². The van der Waals surface area contributed by atoms with Crippen molar-refractivity contribution in [2.45, 2.75) is 38.8 Å². The lowest BCUT2D eigenvalue weighted by Crippen LogP contribution is -2.45. The van der Waals surface area contributed by atoms with E-state index in [4.69, 9.17) is 0 Å². The Hall–Kier alpha value is -2.93. The summed E-state index contributed by atoms with van der Waals surface area (Å²) in [6, 6.07) is 12.9. The van der Waals surface area contributed by atoms with Crippen molar-refractivity contribution in [2.75, 3.05) is 32.7 Å². The van der Waals surface area contributed by atoms with Crippen molar-refractivity contribution in [2.24, 2.45) is 5.92 Å².